The van der Waals surface area contributed by atoms with Crippen molar-refractivity contribution in [3.8, 4) is 10.6 Å². The fourth-order valence-electron chi connectivity index (χ4n) is 2.60. The highest BCUT2D eigenvalue weighted by Gasteiger charge is 2.11. The number of halogens is 2. The lowest BCUT2D eigenvalue weighted by molar-refractivity contribution is -0.120. The third-order valence-electron chi connectivity index (χ3n) is 4.04. The van der Waals surface area contributed by atoms with Crippen LogP contribution in [0, 0.1) is 12.7 Å². The normalized spacial score (nSPS) is 10.7. The molecule has 0 saturated heterocycles. The predicted octanol–water partition coefficient (Wildman–Crippen LogP) is 4.45. The molecule has 0 radical (unpaired) electrons. The van der Waals surface area contributed by atoms with Crippen molar-refractivity contribution in [1.82, 2.24) is 15.6 Å². The summed E-state index contributed by atoms with van der Waals surface area (Å²) >= 11 is 9.15. The van der Waals surface area contributed by atoms with Gasteiger partial charge in [0.2, 0.25) is 5.91 Å². The van der Waals surface area contributed by atoms with Gasteiger partial charge in [-0.1, -0.05) is 11.6 Å². The SMILES string of the molecule is Cc1nc(-c2ccc(CCNC(=O)CCNC(=O)c3ccc(F)cc3Cl)s2)cs1. The van der Waals surface area contributed by atoms with Crippen molar-refractivity contribution in [2.75, 3.05) is 13.1 Å². The van der Waals surface area contributed by atoms with Crippen LogP contribution < -0.4 is 10.6 Å². The molecule has 0 spiro atoms. The molecule has 0 bridgehead atoms. The monoisotopic (exact) mass is 451 g/mol. The first-order valence-electron chi connectivity index (χ1n) is 8.93. The molecule has 0 atom stereocenters. The lowest BCUT2D eigenvalue weighted by Crippen LogP contribution is -2.31. The predicted molar refractivity (Wildman–Crippen MR) is 115 cm³/mol. The molecule has 2 aromatic heterocycles. The number of benzene rings is 1. The van der Waals surface area contributed by atoms with Crippen molar-refractivity contribution in [2.45, 2.75) is 19.8 Å². The van der Waals surface area contributed by atoms with Gasteiger partial charge in [-0.25, -0.2) is 9.37 Å². The number of nitrogens with one attached hydrogen (secondary N) is 2. The smallest absolute Gasteiger partial charge is 0.252 e. The maximum atomic E-state index is 13.0. The lowest BCUT2D eigenvalue weighted by atomic mass is 10.2. The number of thiophene rings is 1. The number of nitrogens with zero attached hydrogens (tertiary/aromatic N) is 1. The largest absolute Gasteiger partial charge is 0.356 e. The van der Waals surface area contributed by atoms with Crippen LogP contribution in [0.25, 0.3) is 10.6 Å². The first-order chi connectivity index (χ1) is 13.9. The fraction of sp³-hybridized carbons (Fsp3) is 0.250. The number of rotatable bonds is 8. The van der Waals surface area contributed by atoms with E-state index in [2.05, 4.69) is 15.6 Å². The van der Waals surface area contributed by atoms with Gasteiger partial charge in [0.15, 0.2) is 0 Å². The standard InChI is InChI=1S/C20H19ClFN3O2S2/c1-12-25-17(11-28-12)18-5-3-14(29-18)6-8-23-19(26)7-9-24-20(27)15-4-2-13(22)10-16(15)21/h2-5,10-11H,6-9H2,1H3,(H,23,26)(H,24,27). The van der Waals surface area contributed by atoms with E-state index in [0.717, 1.165) is 28.1 Å². The molecular weight excluding hydrogens is 433 g/mol. The third-order valence-corrected chi connectivity index (χ3v) is 6.29. The highest BCUT2D eigenvalue weighted by Crippen LogP contribution is 2.29. The minimum atomic E-state index is -0.509. The Labute approximate surface area is 180 Å². The number of aromatic nitrogens is 1. The van der Waals surface area contributed by atoms with Crippen LogP contribution in [0.2, 0.25) is 5.02 Å². The minimum Gasteiger partial charge on any atom is -0.356 e. The van der Waals surface area contributed by atoms with Crippen LogP contribution in [0.5, 0.6) is 0 Å². The second-order valence-corrected chi connectivity index (χ2v) is 8.89. The second-order valence-electron chi connectivity index (χ2n) is 6.25. The van der Waals surface area contributed by atoms with Crippen LogP contribution in [0.15, 0.2) is 35.7 Å². The van der Waals surface area contributed by atoms with E-state index in [0.29, 0.717) is 6.54 Å². The van der Waals surface area contributed by atoms with Crippen molar-refractivity contribution in [3.63, 3.8) is 0 Å². The first-order valence-corrected chi connectivity index (χ1v) is 11.0. The van der Waals surface area contributed by atoms with E-state index in [1.807, 2.05) is 24.4 Å². The van der Waals surface area contributed by atoms with Crippen LogP contribution in [-0.2, 0) is 11.2 Å². The van der Waals surface area contributed by atoms with Crippen molar-refractivity contribution >= 4 is 46.1 Å². The van der Waals surface area contributed by atoms with Crippen LogP contribution in [0.3, 0.4) is 0 Å². The highest BCUT2D eigenvalue weighted by molar-refractivity contribution is 7.16. The maximum Gasteiger partial charge on any atom is 0.252 e. The second kappa shape index (κ2) is 9.96. The Bertz CT molecular complexity index is 1020. The zero-order chi connectivity index (χ0) is 20.8. The Morgan fingerprint density at radius 3 is 2.72 bits per heavy atom. The Morgan fingerprint density at radius 2 is 2.00 bits per heavy atom. The topological polar surface area (TPSA) is 71.1 Å². The molecule has 2 amide bonds. The van der Waals surface area contributed by atoms with Gasteiger partial charge in [-0.15, -0.1) is 22.7 Å². The van der Waals surface area contributed by atoms with Crippen LogP contribution in [0.1, 0.15) is 26.7 Å². The van der Waals surface area contributed by atoms with E-state index >= 15 is 0 Å². The number of hydrogen-bond acceptors (Lipinski definition) is 5. The molecule has 0 unspecified atom stereocenters. The molecule has 0 aliphatic carbocycles. The first kappa shape index (κ1) is 21.4. The molecule has 0 aliphatic rings. The summed E-state index contributed by atoms with van der Waals surface area (Å²) in [6, 6.07) is 7.66. The molecule has 2 N–H and O–H groups in total. The Morgan fingerprint density at radius 1 is 1.17 bits per heavy atom. The average Bonchev–Trinajstić information content (AvgIpc) is 3.30. The molecule has 29 heavy (non-hydrogen) atoms. The molecule has 0 saturated carbocycles. The van der Waals surface area contributed by atoms with Gasteiger partial charge in [-0.3, -0.25) is 9.59 Å². The Hall–Kier alpha value is -2.29. The number of carbonyl (C=O) groups excluding carboxylic acids is 2. The van der Waals surface area contributed by atoms with E-state index in [1.54, 1.807) is 22.7 Å². The summed E-state index contributed by atoms with van der Waals surface area (Å²) in [5.74, 6) is -1.10. The molecule has 0 aliphatic heterocycles. The summed E-state index contributed by atoms with van der Waals surface area (Å²) in [7, 11) is 0. The van der Waals surface area contributed by atoms with Crippen LogP contribution in [-0.4, -0.2) is 29.9 Å². The Kier molecular flexibility index (Phi) is 7.35. The maximum absolute atomic E-state index is 13.0. The molecule has 2 heterocycles. The average molecular weight is 452 g/mol. The van der Waals surface area contributed by atoms with E-state index in [9.17, 15) is 14.0 Å². The molecule has 3 aromatic rings. The minimum absolute atomic E-state index is 0.0371. The molecule has 9 heteroatoms. The van der Waals surface area contributed by atoms with Gasteiger partial charge in [0, 0.05) is 29.8 Å². The van der Waals surface area contributed by atoms with E-state index < -0.39 is 11.7 Å². The van der Waals surface area contributed by atoms with E-state index in [1.165, 1.54) is 17.0 Å². The van der Waals surface area contributed by atoms with Gasteiger partial charge in [-0.2, -0.15) is 0 Å². The summed E-state index contributed by atoms with van der Waals surface area (Å²) in [5.41, 5.74) is 1.17. The van der Waals surface area contributed by atoms with Gasteiger partial charge in [0.25, 0.3) is 5.91 Å². The lowest BCUT2D eigenvalue weighted by Gasteiger charge is -2.07. The number of carbonyl (C=O) groups is 2. The summed E-state index contributed by atoms with van der Waals surface area (Å²) in [5, 5.41) is 8.57. The van der Waals surface area contributed by atoms with E-state index in [4.69, 9.17) is 11.6 Å². The summed E-state index contributed by atoms with van der Waals surface area (Å²) < 4.78 is 13.0. The van der Waals surface area contributed by atoms with Crippen LogP contribution in [0.4, 0.5) is 4.39 Å². The van der Waals surface area contributed by atoms with Gasteiger partial charge < -0.3 is 10.6 Å². The number of aryl methyl sites for hydroxylation is 1. The molecule has 5 nitrogen and oxygen atoms in total. The van der Waals surface area contributed by atoms with Gasteiger partial charge in [0.05, 0.1) is 26.2 Å². The highest BCUT2D eigenvalue weighted by atomic mass is 35.5. The molecule has 1 aromatic carbocycles. The number of amides is 2. The molecule has 0 fully saturated rings. The van der Waals surface area contributed by atoms with Gasteiger partial charge >= 0.3 is 0 Å². The zero-order valence-corrected chi connectivity index (χ0v) is 18.0. The zero-order valence-electron chi connectivity index (χ0n) is 15.6. The summed E-state index contributed by atoms with van der Waals surface area (Å²) in [4.78, 5) is 30.7. The molecule has 3 rings (SSSR count). The summed E-state index contributed by atoms with van der Waals surface area (Å²) in [6.07, 6.45) is 0.884. The van der Waals surface area contributed by atoms with Gasteiger partial charge in [0.1, 0.15) is 5.82 Å². The molecular formula is C20H19ClFN3O2S2. The van der Waals surface area contributed by atoms with Crippen molar-refractivity contribution in [3.05, 3.63) is 62.0 Å². The molecule has 152 valence electrons. The number of thiazole rings is 1. The van der Waals surface area contributed by atoms with Crippen molar-refractivity contribution in [2.24, 2.45) is 0 Å². The van der Waals surface area contributed by atoms with E-state index in [-0.39, 0.29) is 29.5 Å². The third kappa shape index (κ3) is 6.09. The van der Waals surface area contributed by atoms with Crippen molar-refractivity contribution < 1.29 is 14.0 Å². The summed E-state index contributed by atoms with van der Waals surface area (Å²) in [6.45, 7) is 2.67. The quantitative estimate of drug-likeness (QED) is 0.531. The Balaban J connectivity index is 1.37. The van der Waals surface area contributed by atoms with Crippen LogP contribution >= 0.6 is 34.3 Å². The van der Waals surface area contributed by atoms with Gasteiger partial charge in [-0.05, 0) is 43.7 Å². The van der Waals surface area contributed by atoms with Crippen molar-refractivity contribution in [1.29, 1.82) is 0 Å². The fourth-order valence-corrected chi connectivity index (χ4v) is 4.51. The number of hydrogen-bond donors (Lipinski definition) is 2.